The molecule has 74 valence electrons. The van der Waals surface area contributed by atoms with E-state index in [-0.39, 0.29) is 11.9 Å². The molecule has 1 heterocycles. The summed E-state index contributed by atoms with van der Waals surface area (Å²) < 4.78 is 0. The van der Waals surface area contributed by atoms with Crippen LogP contribution in [0.25, 0.3) is 0 Å². The van der Waals surface area contributed by atoms with Gasteiger partial charge >= 0.3 is 0 Å². The number of amides is 1. The Morgan fingerprint density at radius 3 is 2.79 bits per heavy atom. The number of fused-ring (bicyclic) bond motifs is 1. The van der Waals surface area contributed by atoms with Crippen LogP contribution in [-0.4, -0.2) is 5.91 Å². The largest absolute Gasteiger partial charge is 0.345 e. The van der Waals surface area contributed by atoms with Crippen molar-refractivity contribution in [2.24, 2.45) is 5.92 Å². The number of rotatable bonds is 2. The molecule has 2 rings (SSSR count). The number of carbonyl (C=O) groups excluding carboxylic acids is 1. The maximum absolute atomic E-state index is 11.5. The molecule has 1 aliphatic heterocycles. The van der Waals surface area contributed by atoms with Gasteiger partial charge in [-0.2, -0.15) is 0 Å². The van der Waals surface area contributed by atoms with Crippen LogP contribution in [0, 0.1) is 5.92 Å². The summed E-state index contributed by atoms with van der Waals surface area (Å²) in [5, 5.41) is 3.01. The van der Waals surface area contributed by atoms with Crippen molar-refractivity contribution < 1.29 is 4.79 Å². The minimum Gasteiger partial charge on any atom is -0.345 e. The van der Waals surface area contributed by atoms with Gasteiger partial charge in [0, 0.05) is 5.56 Å². The fourth-order valence-corrected chi connectivity index (χ4v) is 1.98. The van der Waals surface area contributed by atoms with E-state index in [9.17, 15) is 4.79 Å². The van der Waals surface area contributed by atoms with Gasteiger partial charge in [0.05, 0.1) is 6.04 Å². The molecular formula is C12H15NO. The molecule has 1 unspecified atom stereocenters. The van der Waals surface area contributed by atoms with E-state index in [1.54, 1.807) is 0 Å². The highest BCUT2D eigenvalue weighted by molar-refractivity contribution is 5.99. The third-order valence-corrected chi connectivity index (χ3v) is 2.59. The minimum absolute atomic E-state index is 0.0752. The molecular weight excluding hydrogens is 174 g/mol. The SMILES string of the molecule is CC(C)CC1NC(=O)c2ccccc21. The predicted molar refractivity (Wildman–Crippen MR) is 56.1 cm³/mol. The van der Waals surface area contributed by atoms with Gasteiger partial charge in [-0.25, -0.2) is 0 Å². The Kier molecular flexibility index (Phi) is 2.28. The summed E-state index contributed by atoms with van der Waals surface area (Å²) in [6.45, 7) is 4.35. The van der Waals surface area contributed by atoms with Crippen LogP contribution >= 0.6 is 0 Å². The molecule has 1 aromatic rings. The average Bonchev–Trinajstić information content (AvgIpc) is 2.44. The molecule has 0 aromatic heterocycles. The van der Waals surface area contributed by atoms with Crippen LogP contribution in [0.15, 0.2) is 24.3 Å². The molecule has 0 bridgehead atoms. The van der Waals surface area contributed by atoms with Gasteiger partial charge in [0.15, 0.2) is 0 Å². The van der Waals surface area contributed by atoms with Gasteiger partial charge in [0.25, 0.3) is 5.91 Å². The molecule has 0 aliphatic carbocycles. The van der Waals surface area contributed by atoms with Crippen LogP contribution in [0.5, 0.6) is 0 Å². The highest BCUT2D eigenvalue weighted by Gasteiger charge is 2.27. The van der Waals surface area contributed by atoms with Crippen molar-refractivity contribution in [1.82, 2.24) is 5.32 Å². The standard InChI is InChI=1S/C12H15NO/c1-8(2)7-11-9-5-3-4-6-10(9)12(14)13-11/h3-6,8,11H,7H2,1-2H3,(H,13,14). The lowest BCUT2D eigenvalue weighted by atomic mass is 9.97. The molecule has 1 aliphatic rings. The highest BCUT2D eigenvalue weighted by Crippen LogP contribution is 2.29. The summed E-state index contributed by atoms with van der Waals surface area (Å²) in [4.78, 5) is 11.5. The molecule has 0 spiro atoms. The van der Waals surface area contributed by atoms with Gasteiger partial charge in [-0.1, -0.05) is 32.0 Å². The smallest absolute Gasteiger partial charge is 0.252 e. The quantitative estimate of drug-likeness (QED) is 0.761. The predicted octanol–water partition coefficient (Wildman–Crippen LogP) is 2.52. The van der Waals surface area contributed by atoms with Gasteiger partial charge in [0.1, 0.15) is 0 Å². The lowest BCUT2D eigenvalue weighted by Crippen LogP contribution is -2.20. The monoisotopic (exact) mass is 189 g/mol. The van der Waals surface area contributed by atoms with E-state index < -0.39 is 0 Å². The Hall–Kier alpha value is -1.31. The van der Waals surface area contributed by atoms with Crippen LogP contribution in [0.4, 0.5) is 0 Å². The van der Waals surface area contributed by atoms with Crippen molar-refractivity contribution in [3.05, 3.63) is 35.4 Å². The molecule has 2 nitrogen and oxygen atoms in total. The first-order valence-corrected chi connectivity index (χ1v) is 5.08. The van der Waals surface area contributed by atoms with Crippen LogP contribution in [-0.2, 0) is 0 Å². The van der Waals surface area contributed by atoms with Crippen LogP contribution in [0.2, 0.25) is 0 Å². The first kappa shape index (κ1) is 9.25. The van der Waals surface area contributed by atoms with E-state index in [0.717, 1.165) is 17.5 Å². The van der Waals surface area contributed by atoms with Crippen molar-refractivity contribution in [3.8, 4) is 0 Å². The van der Waals surface area contributed by atoms with Gasteiger partial charge in [-0.15, -0.1) is 0 Å². The maximum Gasteiger partial charge on any atom is 0.252 e. The summed E-state index contributed by atoms with van der Waals surface area (Å²) in [7, 11) is 0. The second-order valence-electron chi connectivity index (χ2n) is 4.24. The second kappa shape index (κ2) is 3.45. The molecule has 0 saturated heterocycles. The van der Waals surface area contributed by atoms with Crippen molar-refractivity contribution >= 4 is 5.91 Å². The number of benzene rings is 1. The van der Waals surface area contributed by atoms with E-state index in [0.29, 0.717) is 5.92 Å². The normalized spacial score (nSPS) is 19.6. The molecule has 1 atom stereocenters. The molecule has 2 heteroatoms. The average molecular weight is 189 g/mol. The fourth-order valence-electron chi connectivity index (χ4n) is 1.98. The highest BCUT2D eigenvalue weighted by atomic mass is 16.2. The van der Waals surface area contributed by atoms with Gasteiger partial charge < -0.3 is 5.32 Å². The number of carbonyl (C=O) groups is 1. The van der Waals surface area contributed by atoms with E-state index in [4.69, 9.17) is 0 Å². The van der Waals surface area contributed by atoms with E-state index in [1.807, 2.05) is 24.3 Å². The molecule has 0 saturated carbocycles. The first-order valence-electron chi connectivity index (χ1n) is 5.08. The molecule has 0 fully saturated rings. The maximum atomic E-state index is 11.5. The lowest BCUT2D eigenvalue weighted by molar-refractivity contribution is 0.0953. The zero-order valence-corrected chi connectivity index (χ0v) is 8.58. The summed E-state index contributed by atoms with van der Waals surface area (Å²) in [5.41, 5.74) is 2.00. The second-order valence-corrected chi connectivity index (χ2v) is 4.24. The first-order chi connectivity index (χ1) is 6.68. The topological polar surface area (TPSA) is 29.1 Å². The molecule has 1 N–H and O–H groups in total. The summed E-state index contributed by atoms with van der Waals surface area (Å²) in [6, 6.07) is 8.06. The Morgan fingerprint density at radius 2 is 2.07 bits per heavy atom. The van der Waals surface area contributed by atoms with E-state index >= 15 is 0 Å². The zero-order valence-electron chi connectivity index (χ0n) is 8.58. The van der Waals surface area contributed by atoms with E-state index in [2.05, 4.69) is 19.2 Å². The molecule has 14 heavy (non-hydrogen) atoms. The van der Waals surface area contributed by atoms with Crippen molar-refractivity contribution in [3.63, 3.8) is 0 Å². The van der Waals surface area contributed by atoms with Crippen LogP contribution in [0.3, 0.4) is 0 Å². The fraction of sp³-hybridized carbons (Fsp3) is 0.417. The van der Waals surface area contributed by atoms with Crippen LogP contribution < -0.4 is 5.32 Å². The zero-order chi connectivity index (χ0) is 10.1. The van der Waals surface area contributed by atoms with Crippen molar-refractivity contribution in [1.29, 1.82) is 0 Å². The Morgan fingerprint density at radius 1 is 1.36 bits per heavy atom. The molecule has 0 radical (unpaired) electrons. The molecule has 1 aromatic carbocycles. The van der Waals surface area contributed by atoms with Gasteiger partial charge in [-0.3, -0.25) is 4.79 Å². The Balaban J connectivity index is 2.30. The van der Waals surface area contributed by atoms with Gasteiger partial charge in [-0.05, 0) is 24.0 Å². The van der Waals surface area contributed by atoms with E-state index in [1.165, 1.54) is 0 Å². The number of hydrogen-bond acceptors (Lipinski definition) is 1. The number of nitrogens with one attached hydrogen (secondary N) is 1. The third kappa shape index (κ3) is 1.52. The lowest BCUT2D eigenvalue weighted by Gasteiger charge is -2.13. The number of hydrogen-bond donors (Lipinski definition) is 1. The van der Waals surface area contributed by atoms with Crippen molar-refractivity contribution in [2.75, 3.05) is 0 Å². The summed E-state index contributed by atoms with van der Waals surface area (Å²) in [6.07, 6.45) is 1.02. The Labute approximate surface area is 84.3 Å². The minimum atomic E-state index is 0.0752. The Bertz CT molecular complexity index is 357. The van der Waals surface area contributed by atoms with Crippen molar-refractivity contribution in [2.45, 2.75) is 26.3 Å². The van der Waals surface area contributed by atoms with Gasteiger partial charge in [0.2, 0.25) is 0 Å². The molecule has 1 amide bonds. The third-order valence-electron chi connectivity index (χ3n) is 2.59. The summed E-state index contributed by atoms with van der Waals surface area (Å²) >= 11 is 0. The van der Waals surface area contributed by atoms with Crippen LogP contribution in [0.1, 0.15) is 42.2 Å². The summed E-state index contributed by atoms with van der Waals surface area (Å²) in [5.74, 6) is 0.678.